The number of methoxy groups -OCH3 is 1. The fourth-order valence-electron chi connectivity index (χ4n) is 2.58. The molecular weight excluding hydrogens is 316 g/mol. The minimum Gasteiger partial charge on any atom is -0.497 e. The number of primary amides is 1. The maximum Gasteiger partial charge on any atom is 0.223 e. The highest BCUT2D eigenvalue weighted by molar-refractivity contribution is 5.78. The normalized spacial score (nSPS) is 10.3. The first-order valence-electron chi connectivity index (χ1n) is 8.31. The molecular formula is C20H24N2O3. The third-order valence-corrected chi connectivity index (χ3v) is 3.96. The lowest BCUT2D eigenvalue weighted by Gasteiger charge is -2.22. The van der Waals surface area contributed by atoms with Crippen molar-refractivity contribution in [2.24, 2.45) is 5.73 Å². The minimum atomic E-state index is -0.404. The fourth-order valence-corrected chi connectivity index (χ4v) is 2.58. The molecule has 2 aromatic carbocycles. The summed E-state index contributed by atoms with van der Waals surface area (Å²) in [6.45, 7) is 0.812. The molecule has 0 saturated carbocycles. The van der Waals surface area contributed by atoms with E-state index >= 15 is 0 Å². The van der Waals surface area contributed by atoms with E-state index in [4.69, 9.17) is 10.5 Å². The summed E-state index contributed by atoms with van der Waals surface area (Å²) in [5.74, 6) is 0.381. The quantitative estimate of drug-likeness (QED) is 0.762. The van der Waals surface area contributed by atoms with Gasteiger partial charge in [0.1, 0.15) is 5.75 Å². The van der Waals surface area contributed by atoms with Crippen molar-refractivity contribution in [2.75, 3.05) is 13.7 Å². The van der Waals surface area contributed by atoms with E-state index in [1.54, 1.807) is 12.0 Å². The molecule has 0 aromatic heterocycles. The molecule has 2 amide bonds. The Bertz CT molecular complexity index is 701. The second kappa shape index (κ2) is 9.47. The molecule has 2 aromatic rings. The predicted octanol–water partition coefficient (Wildman–Crippen LogP) is 2.53. The van der Waals surface area contributed by atoms with Crippen molar-refractivity contribution in [2.45, 2.75) is 25.8 Å². The molecule has 0 heterocycles. The van der Waals surface area contributed by atoms with Gasteiger partial charge in [0.25, 0.3) is 0 Å². The van der Waals surface area contributed by atoms with Gasteiger partial charge < -0.3 is 15.4 Å². The van der Waals surface area contributed by atoms with Crippen LogP contribution in [0.15, 0.2) is 54.6 Å². The molecule has 0 saturated heterocycles. The lowest BCUT2D eigenvalue weighted by atomic mass is 10.1. The first-order chi connectivity index (χ1) is 12.1. The van der Waals surface area contributed by atoms with Crippen LogP contribution < -0.4 is 10.5 Å². The van der Waals surface area contributed by atoms with Gasteiger partial charge in [0.15, 0.2) is 0 Å². The van der Waals surface area contributed by atoms with E-state index < -0.39 is 5.91 Å². The summed E-state index contributed by atoms with van der Waals surface area (Å²) in [5.41, 5.74) is 7.31. The van der Waals surface area contributed by atoms with Gasteiger partial charge in [-0.15, -0.1) is 0 Å². The van der Waals surface area contributed by atoms with Gasteiger partial charge in [-0.1, -0.05) is 42.5 Å². The van der Waals surface area contributed by atoms with Crippen LogP contribution >= 0.6 is 0 Å². The van der Waals surface area contributed by atoms with Crippen LogP contribution in [0.5, 0.6) is 5.75 Å². The van der Waals surface area contributed by atoms with Gasteiger partial charge in [0, 0.05) is 25.9 Å². The summed E-state index contributed by atoms with van der Waals surface area (Å²) in [6.07, 6.45) is 1.16. The van der Waals surface area contributed by atoms with Crippen molar-refractivity contribution in [3.63, 3.8) is 0 Å². The van der Waals surface area contributed by atoms with Gasteiger partial charge in [0.05, 0.1) is 7.11 Å². The van der Waals surface area contributed by atoms with Crippen LogP contribution in [0.25, 0.3) is 0 Å². The topological polar surface area (TPSA) is 72.6 Å². The number of carbonyl (C=O) groups is 2. The number of amides is 2. The summed E-state index contributed by atoms with van der Waals surface area (Å²) in [5, 5.41) is 0. The monoisotopic (exact) mass is 340 g/mol. The Morgan fingerprint density at radius 1 is 1.00 bits per heavy atom. The molecule has 0 spiro atoms. The zero-order valence-electron chi connectivity index (χ0n) is 14.5. The SMILES string of the molecule is COc1cccc(CCC(=O)N(CCC(N)=O)Cc2ccccc2)c1. The van der Waals surface area contributed by atoms with Gasteiger partial charge in [-0.3, -0.25) is 9.59 Å². The van der Waals surface area contributed by atoms with Crippen LogP contribution in [-0.4, -0.2) is 30.4 Å². The Balaban J connectivity index is 1.99. The Morgan fingerprint density at radius 3 is 2.40 bits per heavy atom. The van der Waals surface area contributed by atoms with Crippen LogP contribution in [0.2, 0.25) is 0 Å². The predicted molar refractivity (Wildman–Crippen MR) is 97.0 cm³/mol. The summed E-state index contributed by atoms with van der Waals surface area (Å²) in [7, 11) is 1.62. The Hall–Kier alpha value is -2.82. The van der Waals surface area contributed by atoms with E-state index in [1.807, 2.05) is 54.6 Å². The van der Waals surface area contributed by atoms with Crippen molar-refractivity contribution >= 4 is 11.8 Å². The van der Waals surface area contributed by atoms with E-state index in [-0.39, 0.29) is 12.3 Å². The number of rotatable bonds is 9. The Labute approximate surface area is 148 Å². The average Bonchev–Trinajstić information content (AvgIpc) is 2.64. The van der Waals surface area contributed by atoms with E-state index in [0.717, 1.165) is 16.9 Å². The van der Waals surface area contributed by atoms with E-state index in [2.05, 4.69) is 0 Å². The first kappa shape index (κ1) is 18.5. The molecule has 2 rings (SSSR count). The zero-order chi connectivity index (χ0) is 18.1. The third-order valence-electron chi connectivity index (χ3n) is 3.96. The lowest BCUT2D eigenvalue weighted by Crippen LogP contribution is -2.33. The lowest BCUT2D eigenvalue weighted by molar-refractivity contribution is -0.132. The smallest absolute Gasteiger partial charge is 0.223 e. The van der Waals surface area contributed by atoms with Crippen LogP contribution in [0.4, 0.5) is 0 Å². The molecule has 0 radical (unpaired) electrons. The van der Waals surface area contributed by atoms with E-state index in [0.29, 0.717) is 25.9 Å². The maximum atomic E-state index is 12.6. The molecule has 2 N–H and O–H groups in total. The third kappa shape index (κ3) is 6.30. The molecule has 0 atom stereocenters. The molecule has 0 aliphatic rings. The first-order valence-corrected chi connectivity index (χ1v) is 8.31. The van der Waals surface area contributed by atoms with Crippen molar-refractivity contribution in [3.05, 3.63) is 65.7 Å². The number of carbonyl (C=O) groups excluding carboxylic acids is 2. The van der Waals surface area contributed by atoms with Gasteiger partial charge in [-0.05, 0) is 29.7 Å². The standard InChI is InChI=1S/C20H24N2O3/c1-25-18-9-5-8-16(14-18)10-11-20(24)22(13-12-19(21)23)15-17-6-3-2-4-7-17/h2-9,14H,10-13,15H2,1H3,(H2,21,23). The van der Waals surface area contributed by atoms with Gasteiger partial charge in [-0.2, -0.15) is 0 Å². The van der Waals surface area contributed by atoms with Crippen molar-refractivity contribution < 1.29 is 14.3 Å². The zero-order valence-corrected chi connectivity index (χ0v) is 14.5. The second-order valence-electron chi connectivity index (χ2n) is 5.87. The number of hydrogen-bond acceptors (Lipinski definition) is 3. The summed E-state index contributed by atoms with van der Waals surface area (Å²) in [6, 6.07) is 17.4. The molecule has 5 heteroatoms. The maximum absolute atomic E-state index is 12.6. The highest BCUT2D eigenvalue weighted by Crippen LogP contribution is 2.15. The summed E-state index contributed by atoms with van der Waals surface area (Å²) in [4.78, 5) is 25.4. The second-order valence-corrected chi connectivity index (χ2v) is 5.87. The van der Waals surface area contributed by atoms with E-state index in [1.165, 1.54) is 0 Å². The number of ether oxygens (including phenoxy) is 1. The molecule has 132 valence electrons. The van der Waals surface area contributed by atoms with Gasteiger partial charge in [-0.25, -0.2) is 0 Å². The minimum absolute atomic E-state index is 0.00734. The van der Waals surface area contributed by atoms with Crippen LogP contribution in [-0.2, 0) is 22.6 Å². The van der Waals surface area contributed by atoms with Crippen molar-refractivity contribution in [3.8, 4) is 5.75 Å². The molecule has 0 unspecified atom stereocenters. The molecule has 5 nitrogen and oxygen atoms in total. The summed E-state index contributed by atoms with van der Waals surface area (Å²) < 4.78 is 5.21. The number of nitrogens with two attached hydrogens (primary N) is 1. The Kier molecular flexibility index (Phi) is 7.01. The molecule has 0 bridgehead atoms. The van der Waals surface area contributed by atoms with Gasteiger partial charge >= 0.3 is 0 Å². The van der Waals surface area contributed by atoms with E-state index in [9.17, 15) is 9.59 Å². The molecule has 0 aliphatic carbocycles. The Morgan fingerprint density at radius 2 is 1.72 bits per heavy atom. The fraction of sp³-hybridized carbons (Fsp3) is 0.300. The number of benzene rings is 2. The molecule has 0 aliphatic heterocycles. The highest BCUT2D eigenvalue weighted by Gasteiger charge is 2.15. The van der Waals surface area contributed by atoms with Crippen LogP contribution in [0.3, 0.4) is 0 Å². The number of hydrogen-bond donors (Lipinski definition) is 1. The van der Waals surface area contributed by atoms with Crippen LogP contribution in [0.1, 0.15) is 24.0 Å². The van der Waals surface area contributed by atoms with Crippen molar-refractivity contribution in [1.82, 2.24) is 4.90 Å². The van der Waals surface area contributed by atoms with Gasteiger partial charge in [0.2, 0.25) is 11.8 Å². The summed E-state index contributed by atoms with van der Waals surface area (Å²) >= 11 is 0. The molecule has 0 fully saturated rings. The van der Waals surface area contributed by atoms with Crippen molar-refractivity contribution in [1.29, 1.82) is 0 Å². The highest BCUT2D eigenvalue weighted by atomic mass is 16.5. The molecule has 25 heavy (non-hydrogen) atoms. The largest absolute Gasteiger partial charge is 0.497 e. The number of nitrogens with zero attached hydrogens (tertiary/aromatic N) is 1. The average molecular weight is 340 g/mol. The van der Waals surface area contributed by atoms with Crippen LogP contribution in [0, 0.1) is 0 Å². The number of aryl methyl sites for hydroxylation is 1.